The van der Waals surface area contributed by atoms with Crippen molar-refractivity contribution in [2.75, 3.05) is 42.5 Å². The van der Waals surface area contributed by atoms with Crippen molar-refractivity contribution in [3.8, 4) is 0 Å². The van der Waals surface area contributed by atoms with Gasteiger partial charge in [-0.25, -0.2) is 24.6 Å². The Morgan fingerprint density at radius 1 is 1.07 bits per heavy atom. The zero-order chi connectivity index (χ0) is 18.6. The molecule has 0 atom stereocenters. The van der Waals surface area contributed by atoms with Crippen LogP contribution in [0.5, 0.6) is 0 Å². The van der Waals surface area contributed by atoms with Gasteiger partial charge >= 0.3 is 0 Å². The van der Waals surface area contributed by atoms with Crippen molar-refractivity contribution in [1.82, 2.24) is 35.0 Å². The largest absolute Gasteiger partial charge is 0.354 e. The van der Waals surface area contributed by atoms with Crippen molar-refractivity contribution in [2.45, 2.75) is 13.5 Å². The monoisotopic (exact) mass is 367 g/mol. The molecule has 10 heteroatoms. The Hall–Kier alpha value is -3.30. The summed E-state index contributed by atoms with van der Waals surface area (Å²) in [5.74, 6) is 1.59. The number of amides is 1. The van der Waals surface area contributed by atoms with E-state index in [-0.39, 0.29) is 5.91 Å². The molecule has 1 saturated heterocycles. The van der Waals surface area contributed by atoms with E-state index in [0.29, 0.717) is 13.1 Å². The number of piperazine rings is 1. The van der Waals surface area contributed by atoms with Crippen molar-refractivity contribution in [3.05, 3.63) is 31.0 Å². The molecule has 27 heavy (non-hydrogen) atoms. The quantitative estimate of drug-likeness (QED) is 0.676. The van der Waals surface area contributed by atoms with Gasteiger partial charge in [0.05, 0.1) is 18.1 Å². The lowest BCUT2D eigenvalue weighted by atomic mass is 10.3. The van der Waals surface area contributed by atoms with Crippen LogP contribution in [-0.2, 0) is 11.3 Å². The van der Waals surface area contributed by atoms with E-state index in [1.54, 1.807) is 29.6 Å². The summed E-state index contributed by atoms with van der Waals surface area (Å²) in [5.41, 5.74) is 0.777. The molecule has 0 aliphatic carbocycles. The fourth-order valence-electron chi connectivity index (χ4n) is 3.21. The van der Waals surface area contributed by atoms with Gasteiger partial charge in [0, 0.05) is 52.0 Å². The lowest BCUT2D eigenvalue weighted by molar-refractivity contribution is -0.118. The summed E-state index contributed by atoms with van der Waals surface area (Å²) in [7, 11) is 0. The molecule has 0 unspecified atom stereocenters. The number of rotatable bonds is 5. The van der Waals surface area contributed by atoms with E-state index in [0.717, 1.165) is 49.0 Å². The maximum absolute atomic E-state index is 11.0. The van der Waals surface area contributed by atoms with Gasteiger partial charge in [0.25, 0.3) is 0 Å². The Morgan fingerprint density at radius 2 is 1.81 bits per heavy atom. The zero-order valence-electron chi connectivity index (χ0n) is 15.1. The van der Waals surface area contributed by atoms with E-state index in [4.69, 9.17) is 0 Å². The Kier molecular flexibility index (Phi) is 4.77. The van der Waals surface area contributed by atoms with Crippen molar-refractivity contribution in [2.24, 2.45) is 0 Å². The summed E-state index contributed by atoms with van der Waals surface area (Å²) in [6.45, 7) is 5.88. The van der Waals surface area contributed by atoms with Crippen LogP contribution in [0, 0.1) is 0 Å². The number of hydrogen-bond donors (Lipinski definition) is 1. The molecule has 4 rings (SSSR count). The highest BCUT2D eigenvalue weighted by Gasteiger charge is 2.22. The molecule has 4 heterocycles. The molecule has 1 aliphatic rings. The summed E-state index contributed by atoms with van der Waals surface area (Å²) in [6, 6.07) is 1.82. The number of hydrogen-bond acceptors (Lipinski definition) is 8. The van der Waals surface area contributed by atoms with Crippen molar-refractivity contribution >= 4 is 28.7 Å². The van der Waals surface area contributed by atoms with Gasteiger partial charge in [0.2, 0.25) is 11.9 Å². The van der Waals surface area contributed by atoms with Crippen LogP contribution in [0.4, 0.5) is 11.8 Å². The summed E-state index contributed by atoms with van der Waals surface area (Å²) in [5, 5.41) is 8.11. The molecule has 3 aromatic heterocycles. The smallest absolute Gasteiger partial charge is 0.225 e. The van der Waals surface area contributed by atoms with Crippen LogP contribution >= 0.6 is 0 Å². The topological polar surface area (TPSA) is 105 Å². The van der Waals surface area contributed by atoms with Crippen LogP contribution in [0.25, 0.3) is 11.0 Å². The van der Waals surface area contributed by atoms with Crippen LogP contribution in [0.3, 0.4) is 0 Å². The number of nitrogens with one attached hydrogen (secondary N) is 1. The minimum atomic E-state index is -0.0537. The maximum Gasteiger partial charge on any atom is 0.225 e. The number of fused-ring (bicyclic) bond motifs is 1. The first-order valence-electron chi connectivity index (χ1n) is 8.90. The lowest BCUT2D eigenvalue weighted by Crippen LogP contribution is -2.47. The molecule has 1 N–H and O–H groups in total. The highest BCUT2D eigenvalue weighted by atomic mass is 16.1. The molecule has 0 spiro atoms. The average Bonchev–Trinajstić information content (AvgIpc) is 3.12. The minimum Gasteiger partial charge on any atom is -0.354 e. The zero-order valence-corrected chi connectivity index (χ0v) is 15.1. The molecular formula is C17H21N9O. The van der Waals surface area contributed by atoms with Crippen LogP contribution in [0.2, 0.25) is 0 Å². The second kappa shape index (κ2) is 7.52. The predicted molar refractivity (Wildman–Crippen MR) is 100 cm³/mol. The highest BCUT2D eigenvalue weighted by Crippen LogP contribution is 2.24. The summed E-state index contributed by atoms with van der Waals surface area (Å²) in [4.78, 5) is 33.0. The minimum absolute atomic E-state index is 0.0537. The molecule has 10 nitrogen and oxygen atoms in total. The van der Waals surface area contributed by atoms with E-state index in [9.17, 15) is 4.79 Å². The molecule has 0 saturated carbocycles. The fraction of sp³-hybridized carbons (Fsp3) is 0.412. The van der Waals surface area contributed by atoms with E-state index in [1.807, 2.05) is 6.07 Å². The van der Waals surface area contributed by atoms with Gasteiger partial charge in [-0.05, 0) is 6.07 Å². The molecule has 140 valence electrons. The molecule has 3 aromatic rings. The summed E-state index contributed by atoms with van der Waals surface area (Å²) in [6.07, 6.45) is 6.89. The third-order valence-electron chi connectivity index (χ3n) is 4.52. The van der Waals surface area contributed by atoms with Gasteiger partial charge in [0.1, 0.15) is 12.1 Å². The van der Waals surface area contributed by atoms with E-state index in [1.165, 1.54) is 6.92 Å². The van der Waals surface area contributed by atoms with Gasteiger partial charge in [-0.1, -0.05) is 0 Å². The molecule has 0 bridgehead atoms. The first-order valence-corrected chi connectivity index (χ1v) is 8.90. The molecule has 1 aliphatic heterocycles. The van der Waals surface area contributed by atoms with E-state index >= 15 is 0 Å². The normalized spacial score (nSPS) is 14.6. The third-order valence-corrected chi connectivity index (χ3v) is 4.52. The molecule has 0 aromatic carbocycles. The lowest BCUT2D eigenvalue weighted by Gasteiger charge is -2.35. The standard InChI is InChI=1S/C17H21N9O/c1-13(27)18-5-6-26-16-14(11-23-26)15(21-12-22-16)24-7-9-25(10-8-24)17-19-3-2-4-20-17/h2-4,11-12H,5-10H2,1H3,(H,18,27). The summed E-state index contributed by atoms with van der Waals surface area (Å²) < 4.78 is 1.80. The van der Waals surface area contributed by atoms with Crippen LogP contribution in [0.1, 0.15) is 6.92 Å². The molecule has 1 fully saturated rings. The fourth-order valence-corrected chi connectivity index (χ4v) is 3.21. The number of carbonyl (C=O) groups is 1. The average molecular weight is 367 g/mol. The van der Waals surface area contributed by atoms with Gasteiger partial charge in [-0.2, -0.15) is 5.10 Å². The van der Waals surface area contributed by atoms with Crippen molar-refractivity contribution in [1.29, 1.82) is 0 Å². The third kappa shape index (κ3) is 3.64. The Balaban J connectivity index is 1.48. The van der Waals surface area contributed by atoms with Gasteiger partial charge in [-0.15, -0.1) is 0 Å². The van der Waals surface area contributed by atoms with Crippen LogP contribution in [0.15, 0.2) is 31.0 Å². The van der Waals surface area contributed by atoms with Crippen LogP contribution < -0.4 is 15.1 Å². The van der Waals surface area contributed by atoms with Gasteiger partial charge in [-0.3, -0.25) is 4.79 Å². The van der Waals surface area contributed by atoms with E-state index < -0.39 is 0 Å². The molecule has 0 radical (unpaired) electrons. The second-order valence-corrected chi connectivity index (χ2v) is 6.31. The Labute approximate surface area is 156 Å². The van der Waals surface area contributed by atoms with Gasteiger partial charge in [0.15, 0.2) is 5.65 Å². The summed E-state index contributed by atoms with van der Waals surface area (Å²) >= 11 is 0. The molecular weight excluding hydrogens is 346 g/mol. The SMILES string of the molecule is CC(=O)NCCn1ncc2c(N3CCN(c4ncccn4)CC3)ncnc21. The number of carbonyl (C=O) groups excluding carboxylic acids is 1. The molecule has 1 amide bonds. The first kappa shape index (κ1) is 17.1. The first-order chi connectivity index (χ1) is 13.2. The van der Waals surface area contributed by atoms with Gasteiger partial charge < -0.3 is 15.1 Å². The predicted octanol–water partition coefficient (Wildman–Crippen LogP) is 0.0790. The Bertz CT molecular complexity index is 919. The van der Waals surface area contributed by atoms with Crippen molar-refractivity contribution in [3.63, 3.8) is 0 Å². The maximum atomic E-state index is 11.0. The Morgan fingerprint density at radius 3 is 2.56 bits per heavy atom. The van der Waals surface area contributed by atoms with E-state index in [2.05, 4.69) is 40.2 Å². The van der Waals surface area contributed by atoms with Crippen molar-refractivity contribution < 1.29 is 4.79 Å². The second-order valence-electron chi connectivity index (χ2n) is 6.31. The number of aromatic nitrogens is 6. The van der Waals surface area contributed by atoms with Crippen LogP contribution in [-0.4, -0.2) is 68.3 Å². The number of nitrogens with zero attached hydrogens (tertiary/aromatic N) is 8. The number of anilines is 2. The highest BCUT2D eigenvalue weighted by molar-refractivity contribution is 5.86.